The van der Waals surface area contributed by atoms with E-state index in [1.54, 1.807) is 11.1 Å². The van der Waals surface area contributed by atoms with Crippen LogP contribution in [0.3, 0.4) is 0 Å². The first kappa shape index (κ1) is 6.90. The van der Waals surface area contributed by atoms with Gasteiger partial charge in [0.2, 0.25) is 0 Å². The third-order valence-corrected chi connectivity index (χ3v) is 2.49. The van der Waals surface area contributed by atoms with Gasteiger partial charge in [-0.3, -0.25) is 0 Å². The molecule has 0 aromatic rings. The van der Waals surface area contributed by atoms with Crippen molar-refractivity contribution < 1.29 is 0 Å². The molecule has 0 atom stereocenters. The number of fused-ring (bicyclic) bond motifs is 2. The van der Waals surface area contributed by atoms with Crippen LogP contribution in [0.15, 0.2) is 34.9 Å². The van der Waals surface area contributed by atoms with Gasteiger partial charge in [-0.05, 0) is 31.3 Å². The van der Waals surface area contributed by atoms with E-state index < -0.39 is 0 Å². The van der Waals surface area contributed by atoms with Crippen LogP contribution in [-0.2, 0) is 0 Å². The van der Waals surface area contributed by atoms with Gasteiger partial charge < -0.3 is 0 Å². The normalized spacial score (nSPS) is 22.1. The van der Waals surface area contributed by atoms with E-state index in [2.05, 4.69) is 25.2 Å². The Bertz CT molecular complexity index is 251. The largest absolute Gasteiger partial charge is 0.0842 e. The Morgan fingerprint density at radius 2 is 2.36 bits per heavy atom. The van der Waals surface area contributed by atoms with E-state index in [0.29, 0.717) is 0 Å². The zero-order chi connectivity index (χ0) is 7.68. The van der Waals surface area contributed by atoms with Gasteiger partial charge in [-0.1, -0.05) is 36.3 Å². The molecule has 0 aromatic heterocycles. The van der Waals surface area contributed by atoms with E-state index >= 15 is 0 Å². The molecule has 0 amide bonds. The quantitative estimate of drug-likeness (QED) is 0.560. The second kappa shape index (κ2) is 2.69. The summed E-state index contributed by atoms with van der Waals surface area (Å²) in [6.07, 6.45) is 12.0. The fraction of sp³-hybridized carbons (Fsp3) is 0.455. The lowest BCUT2D eigenvalue weighted by Gasteiger charge is -1.99. The predicted octanol–water partition coefficient (Wildman–Crippen LogP) is 3.37. The molecule has 0 aromatic carbocycles. The summed E-state index contributed by atoms with van der Waals surface area (Å²) < 4.78 is 0. The van der Waals surface area contributed by atoms with Crippen molar-refractivity contribution in [3.8, 4) is 0 Å². The van der Waals surface area contributed by atoms with Crippen molar-refractivity contribution in [2.24, 2.45) is 0 Å². The van der Waals surface area contributed by atoms with Crippen molar-refractivity contribution >= 4 is 0 Å². The minimum absolute atomic E-state index is 1.15. The van der Waals surface area contributed by atoms with Crippen molar-refractivity contribution in [1.29, 1.82) is 0 Å². The van der Waals surface area contributed by atoms with Gasteiger partial charge in [-0.2, -0.15) is 0 Å². The number of hydrogen-bond donors (Lipinski definition) is 0. The minimum atomic E-state index is 1.15. The lowest BCUT2D eigenvalue weighted by Crippen LogP contribution is -1.79. The summed E-state index contributed by atoms with van der Waals surface area (Å²) >= 11 is 0. The molecule has 2 rings (SSSR count). The van der Waals surface area contributed by atoms with E-state index in [-0.39, 0.29) is 0 Å². The molecule has 0 radical (unpaired) electrons. The highest BCUT2D eigenvalue weighted by atomic mass is 14.2. The monoisotopic (exact) mass is 146 g/mol. The van der Waals surface area contributed by atoms with Crippen molar-refractivity contribution in [2.45, 2.75) is 32.6 Å². The second-order valence-corrected chi connectivity index (χ2v) is 3.35. The van der Waals surface area contributed by atoms with Gasteiger partial charge in [0.1, 0.15) is 0 Å². The molecule has 2 aliphatic carbocycles. The highest BCUT2D eigenvalue weighted by molar-refractivity contribution is 5.49. The zero-order valence-corrected chi connectivity index (χ0v) is 7.06. The van der Waals surface area contributed by atoms with Crippen LogP contribution < -0.4 is 0 Å². The van der Waals surface area contributed by atoms with Gasteiger partial charge in [0.25, 0.3) is 0 Å². The smallest absolute Gasteiger partial charge is 0.00959 e. The zero-order valence-electron chi connectivity index (χ0n) is 7.06. The highest BCUT2D eigenvalue weighted by Gasteiger charge is 2.20. The van der Waals surface area contributed by atoms with E-state index in [1.165, 1.54) is 24.8 Å². The lowest BCUT2D eigenvalue weighted by molar-refractivity contribution is 1.02. The average molecular weight is 146 g/mol. The molecule has 58 valence electrons. The van der Waals surface area contributed by atoms with Gasteiger partial charge in [-0.25, -0.2) is 0 Å². The molecule has 0 nitrogen and oxygen atoms in total. The van der Waals surface area contributed by atoms with Crippen molar-refractivity contribution in [3.63, 3.8) is 0 Å². The Balaban J connectivity index is 2.16. The fourth-order valence-corrected chi connectivity index (χ4v) is 1.86. The van der Waals surface area contributed by atoms with Crippen LogP contribution in [-0.4, -0.2) is 0 Å². The summed E-state index contributed by atoms with van der Waals surface area (Å²) in [5, 5.41) is 0. The van der Waals surface area contributed by atoms with E-state index in [0.717, 1.165) is 6.42 Å². The third-order valence-electron chi connectivity index (χ3n) is 2.49. The topological polar surface area (TPSA) is 0 Å². The van der Waals surface area contributed by atoms with Gasteiger partial charge in [0, 0.05) is 0 Å². The Hall–Kier alpha value is -0.780. The number of rotatable bonds is 2. The molecule has 1 saturated carbocycles. The van der Waals surface area contributed by atoms with Crippen molar-refractivity contribution in [1.82, 2.24) is 0 Å². The lowest BCUT2D eigenvalue weighted by atomic mass is 10.1. The summed E-state index contributed by atoms with van der Waals surface area (Å²) in [5.41, 5.74) is 4.83. The Labute approximate surface area is 68.3 Å². The SMILES string of the molecule is CC/C=C/C1=C2CCC(=C1)C2. The molecule has 0 unspecified atom stereocenters. The summed E-state index contributed by atoms with van der Waals surface area (Å²) in [4.78, 5) is 0. The van der Waals surface area contributed by atoms with Crippen LogP contribution in [0.25, 0.3) is 0 Å². The maximum atomic E-state index is 2.37. The average Bonchev–Trinajstić information content (AvgIpc) is 2.60. The summed E-state index contributed by atoms with van der Waals surface area (Å²) in [6, 6.07) is 0. The molecule has 0 aliphatic heterocycles. The maximum Gasteiger partial charge on any atom is -0.00959 e. The molecule has 11 heavy (non-hydrogen) atoms. The molecule has 0 saturated heterocycles. The first-order valence-electron chi connectivity index (χ1n) is 4.48. The Morgan fingerprint density at radius 1 is 1.45 bits per heavy atom. The molecule has 0 heterocycles. The first-order valence-corrected chi connectivity index (χ1v) is 4.48. The van der Waals surface area contributed by atoms with Crippen LogP contribution in [0.1, 0.15) is 32.6 Å². The van der Waals surface area contributed by atoms with E-state index in [1.807, 2.05) is 0 Å². The maximum absolute atomic E-state index is 2.37. The van der Waals surface area contributed by atoms with Gasteiger partial charge in [0.05, 0.1) is 0 Å². The predicted molar refractivity (Wildman–Crippen MR) is 48.4 cm³/mol. The summed E-state index contributed by atoms with van der Waals surface area (Å²) in [7, 11) is 0. The number of hydrogen-bond acceptors (Lipinski definition) is 0. The van der Waals surface area contributed by atoms with Crippen LogP contribution in [0.5, 0.6) is 0 Å². The van der Waals surface area contributed by atoms with E-state index in [9.17, 15) is 0 Å². The van der Waals surface area contributed by atoms with Crippen molar-refractivity contribution in [2.75, 3.05) is 0 Å². The first-order chi connectivity index (χ1) is 5.40. The van der Waals surface area contributed by atoms with Gasteiger partial charge in [-0.15, -0.1) is 0 Å². The third kappa shape index (κ3) is 1.18. The molecule has 2 aliphatic rings. The fourth-order valence-electron chi connectivity index (χ4n) is 1.86. The molecule has 0 spiro atoms. The second-order valence-electron chi connectivity index (χ2n) is 3.35. The Morgan fingerprint density at radius 3 is 2.91 bits per heavy atom. The standard InChI is InChI=1S/C11H14/c1-2-3-4-10-7-9-5-6-11(10)8-9/h3-4,7H,2,5-6,8H2,1H3/b4-3+. The van der Waals surface area contributed by atoms with Crippen molar-refractivity contribution in [3.05, 3.63) is 34.9 Å². The molecular weight excluding hydrogens is 132 g/mol. The van der Waals surface area contributed by atoms with Crippen LogP contribution in [0, 0.1) is 0 Å². The summed E-state index contributed by atoms with van der Waals surface area (Å²) in [6.45, 7) is 2.18. The summed E-state index contributed by atoms with van der Waals surface area (Å²) in [5.74, 6) is 0. The molecule has 0 heteroatoms. The molecule has 2 bridgehead atoms. The molecule has 1 fully saturated rings. The van der Waals surface area contributed by atoms with Crippen LogP contribution in [0.4, 0.5) is 0 Å². The van der Waals surface area contributed by atoms with E-state index in [4.69, 9.17) is 0 Å². The number of allylic oxidation sites excluding steroid dienone is 6. The Kier molecular flexibility index (Phi) is 1.69. The molecule has 0 N–H and O–H groups in total. The minimum Gasteiger partial charge on any atom is -0.0842 e. The van der Waals surface area contributed by atoms with Gasteiger partial charge in [0.15, 0.2) is 0 Å². The van der Waals surface area contributed by atoms with Crippen LogP contribution in [0.2, 0.25) is 0 Å². The van der Waals surface area contributed by atoms with Gasteiger partial charge >= 0.3 is 0 Å². The highest BCUT2D eigenvalue weighted by Crippen LogP contribution is 2.39. The van der Waals surface area contributed by atoms with Crippen LogP contribution >= 0.6 is 0 Å². The molecular formula is C11H14.